The van der Waals surface area contributed by atoms with E-state index in [1.54, 1.807) is 6.20 Å². The fraction of sp³-hybridized carbons (Fsp3) is 0.286. The van der Waals surface area contributed by atoms with Gasteiger partial charge in [0.25, 0.3) is 0 Å². The van der Waals surface area contributed by atoms with Crippen molar-refractivity contribution in [2.75, 3.05) is 10.6 Å². The second-order valence-corrected chi connectivity index (χ2v) is 7.35. The van der Waals surface area contributed by atoms with Crippen LogP contribution in [0, 0.1) is 6.92 Å². The first-order valence-corrected chi connectivity index (χ1v) is 8.77. The van der Waals surface area contributed by atoms with Crippen molar-refractivity contribution < 1.29 is 0 Å². The van der Waals surface area contributed by atoms with Crippen molar-refractivity contribution >= 4 is 17.5 Å². The van der Waals surface area contributed by atoms with E-state index in [4.69, 9.17) is 0 Å². The van der Waals surface area contributed by atoms with Crippen molar-refractivity contribution in [3.05, 3.63) is 71.7 Å². The molecule has 2 heterocycles. The molecule has 0 saturated heterocycles. The van der Waals surface area contributed by atoms with Gasteiger partial charge in [0.1, 0.15) is 5.82 Å². The summed E-state index contributed by atoms with van der Waals surface area (Å²) in [6.45, 7) is 9.18. The zero-order valence-electron chi connectivity index (χ0n) is 15.7. The average Bonchev–Trinajstić information content (AvgIpc) is 2.60. The first-order valence-electron chi connectivity index (χ1n) is 8.77. The molecule has 0 aliphatic carbocycles. The third-order valence-corrected chi connectivity index (χ3v) is 4.03. The Balaban J connectivity index is 1.71. The van der Waals surface area contributed by atoms with Gasteiger partial charge in [0, 0.05) is 23.6 Å². The molecule has 5 nitrogen and oxygen atoms in total. The zero-order valence-corrected chi connectivity index (χ0v) is 15.7. The Hall–Kier alpha value is -2.95. The number of aromatic nitrogens is 3. The Morgan fingerprint density at radius 3 is 2.38 bits per heavy atom. The van der Waals surface area contributed by atoms with Gasteiger partial charge >= 0.3 is 0 Å². The average molecular weight is 347 g/mol. The molecule has 0 amide bonds. The number of nitrogens with one attached hydrogen (secondary N) is 2. The van der Waals surface area contributed by atoms with Crippen molar-refractivity contribution in [1.82, 2.24) is 15.0 Å². The summed E-state index contributed by atoms with van der Waals surface area (Å²) in [5.41, 5.74) is 4.31. The molecule has 3 rings (SSSR count). The van der Waals surface area contributed by atoms with Gasteiger partial charge in [-0.1, -0.05) is 39.0 Å². The Morgan fingerprint density at radius 2 is 1.73 bits per heavy atom. The predicted octanol–water partition coefficient (Wildman–Crippen LogP) is 4.83. The molecule has 1 aromatic carbocycles. The van der Waals surface area contributed by atoms with Crippen LogP contribution in [0.15, 0.2) is 54.7 Å². The molecule has 2 aromatic heterocycles. The lowest BCUT2D eigenvalue weighted by Crippen LogP contribution is -2.10. The predicted molar refractivity (Wildman–Crippen MR) is 107 cm³/mol. The summed E-state index contributed by atoms with van der Waals surface area (Å²) in [5.74, 6) is 1.36. The number of anilines is 3. The molecule has 2 N–H and O–H groups in total. The molecule has 0 bridgehead atoms. The minimum absolute atomic E-state index is 0.145. The largest absolute Gasteiger partial charge is 0.349 e. The molecule has 0 fully saturated rings. The lowest BCUT2D eigenvalue weighted by molar-refractivity contribution is 0.590. The number of pyridine rings is 1. The normalized spacial score (nSPS) is 11.2. The van der Waals surface area contributed by atoms with Gasteiger partial charge in [-0.15, -0.1) is 0 Å². The number of hydrogen-bond acceptors (Lipinski definition) is 5. The van der Waals surface area contributed by atoms with Gasteiger partial charge in [0.2, 0.25) is 5.95 Å². The molecule has 3 aromatic rings. The molecular formula is C21H25N5. The van der Waals surface area contributed by atoms with E-state index in [9.17, 15) is 0 Å². The fourth-order valence-corrected chi connectivity index (χ4v) is 2.59. The van der Waals surface area contributed by atoms with Crippen LogP contribution in [0.4, 0.5) is 17.5 Å². The van der Waals surface area contributed by atoms with Gasteiger partial charge in [-0.05, 0) is 42.2 Å². The second kappa shape index (κ2) is 7.52. The van der Waals surface area contributed by atoms with Crippen molar-refractivity contribution in [3.63, 3.8) is 0 Å². The highest BCUT2D eigenvalue weighted by Gasteiger charge is 2.13. The molecule has 0 radical (unpaired) electrons. The van der Waals surface area contributed by atoms with Crippen molar-refractivity contribution in [1.29, 1.82) is 0 Å². The van der Waals surface area contributed by atoms with E-state index in [1.807, 2.05) is 31.2 Å². The Kier molecular flexibility index (Phi) is 5.16. The summed E-state index contributed by atoms with van der Waals surface area (Å²) in [6, 6.07) is 16.2. The summed E-state index contributed by atoms with van der Waals surface area (Å²) in [5, 5.41) is 6.59. The van der Waals surface area contributed by atoms with Crippen LogP contribution in [0.3, 0.4) is 0 Å². The standard InChI is InChI=1S/C21H25N5/c1-15-13-19(25-17-10-8-16(9-11-17)21(2,3)4)26-20(24-15)23-14-18-7-5-6-12-22-18/h5-13H,14H2,1-4H3,(H2,23,24,25,26). The van der Waals surface area contributed by atoms with E-state index in [-0.39, 0.29) is 5.41 Å². The van der Waals surface area contributed by atoms with E-state index < -0.39 is 0 Å². The van der Waals surface area contributed by atoms with Crippen LogP contribution in [0.25, 0.3) is 0 Å². The van der Waals surface area contributed by atoms with Crippen LogP contribution < -0.4 is 10.6 Å². The molecular weight excluding hydrogens is 322 g/mol. The first kappa shape index (κ1) is 17.9. The SMILES string of the molecule is Cc1cc(Nc2ccc(C(C)(C)C)cc2)nc(NCc2ccccn2)n1. The number of rotatable bonds is 5. The third kappa shape index (κ3) is 4.79. The smallest absolute Gasteiger partial charge is 0.225 e. The minimum Gasteiger partial charge on any atom is -0.349 e. The Bertz CT molecular complexity index is 852. The number of hydrogen-bond donors (Lipinski definition) is 2. The van der Waals surface area contributed by atoms with Crippen LogP contribution in [0.2, 0.25) is 0 Å². The maximum absolute atomic E-state index is 4.55. The van der Waals surface area contributed by atoms with Crippen molar-refractivity contribution in [2.45, 2.75) is 39.7 Å². The second-order valence-electron chi connectivity index (χ2n) is 7.35. The molecule has 0 saturated carbocycles. The molecule has 0 atom stereocenters. The van der Waals surface area contributed by atoms with Gasteiger partial charge in [-0.25, -0.2) is 4.98 Å². The van der Waals surface area contributed by atoms with Crippen molar-refractivity contribution in [3.8, 4) is 0 Å². The maximum Gasteiger partial charge on any atom is 0.225 e. The van der Waals surface area contributed by atoms with E-state index in [0.29, 0.717) is 12.5 Å². The highest BCUT2D eigenvalue weighted by atomic mass is 15.1. The minimum atomic E-state index is 0.145. The first-order chi connectivity index (χ1) is 12.4. The summed E-state index contributed by atoms with van der Waals surface area (Å²) in [7, 11) is 0. The Labute approximate surface area is 154 Å². The lowest BCUT2D eigenvalue weighted by atomic mass is 9.87. The van der Waals surface area contributed by atoms with Crippen LogP contribution in [0.1, 0.15) is 37.7 Å². The van der Waals surface area contributed by atoms with Crippen LogP contribution in [0.5, 0.6) is 0 Å². The van der Waals surface area contributed by atoms with Crippen LogP contribution >= 0.6 is 0 Å². The molecule has 5 heteroatoms. The lowest BCUT2D eigenvalue weighted by Gasteiger charge is -2.19. The third-order valence-electron chi connectivity index (χ3n) is 4.03. The summed E-state index contributed by atoms with van der Waals surface area (Å²) in [4.78, 5) is 13.3. The topological polar surface area (TPSA) is 62.7 Å². The van der Waals surface area contributed by atoms with Gasteiger partial charge < -0.3 is 10.6 Å². The van der Waals surface area contributed by atoms with E-state index in [1.165, 1.54) is 5.56 Å². The van der Waals surface area contributed by atoms with Crippen LogP contribution in [-0.4, -0.2) is 15.0 Å². The quantitative estimate of drug-likeness (QED) is 0.692. The molecule has 0 aliphatic rings. The summed E-state index contributed by atoms with van der Waals surface area (Å²) >= 11 is 0. The van der Waals surface area contributed by atoms with Crippen molar-refractivity contribution in [2.24, 2.45) is 0 Å². The van der Waals surface area contributed by atoms with Gasteiger partial charge in [-0.2, -0.15) is 4.98 Å². The van der Waals surface area contributed by atoms with Crippen LogP contribution in [-0.2, 0) is 12.0 Å². The highest BCUT2D eigenvalue weighted by molar-refractivity contribution is 5.58. The number of nitrogens with zero attached hydrogens (tertiary/aromatic N) is 3. The maximum atomic E-state index is 4.55. The Morgan fingerprint density at radius 1 is 0.962 bits per heavy atom. The van der Waals surface area contributed by atoms with E-state index >= 15 is 0 Å². The highest BCUT2D eigenvalue weighted by Crippen LogP contribution is 2.24. The molecule has 0 aliphatic heterocycles. The van der Waals surface area contributed by atoms with E-state index in [2.05, 4.69) is 70.6 Å². The van der Waals surface area contributed by atoms with Gasteiger partial charge in [0.05, 0.1) is 12.2 Å². The molecule has 0 spiro atoms. The number of benzene rings is 1. The zero-order chi connectivity index (χ0) is 18.6. The molecule has 134 valence electrons. The molecule has 0 unspecified atom stereocenters. The summed E-state index contributed by atoms with van der Waals surface area (Å²) < 4.78 is 0. The monoisotopic (exact) mass is 347 g/mol. The summed E-state index contributed by atoms with van der Waals surface area (Å²) in [6.07, 6.45) is 1.78. The number of aryl methyl sites for hydroxylation is 1. The fourth-order valence-electron chi connectivity index (χ4n) is 2.59. The van der Waals surface area contributed by atoms with E-state index in [0.717, 1.165) is 22.9 Å². The van der Waals surface area contributed by atoms with Gasteiger partial charge in [0.15, 0.2) is 0 Å². The molecule has 26 heavy (non-hydrogen) atoms. The van der Waals surface area contributed by atoms with Gasteiger partial charge in [-0.3, -0.25) is 4.98 Å².